The third-order valence-electron chi connectivity index (χ3n) is 11.3. The number of ether oxygens (including phenoxy) is 5. The summed E-state index contributed by atoms with van der Waals surface area (Å²) in [6.45, 7) is 8.12. The van der Waals surface area contributed by atoms with E-state index < -0.39 is 42.4 Å². The number of rotatable bonds is 9. The number of aliphatic hydroxyl groups is 1. The first kappa shape index (κ1) is 29.1. The Labute approximate surface area is 255 Å². The predicted molar refractivity (Wildman–Crippen MR) is 163 cm³/mol. The van der Waals surface area contributed by atoms with Crippen LogP contribution in [0.15, 0.2) is 91.0 Å². The summed E-state index contributed by atoms with van der Waals surface area (Å²) < 4.78 is 34.1. The largest absolute Gasteiger partial charge is 0.387 e. The Balaban J connectivity index is 1.23. The summed E-state index contributed by atoms with van der Waals surface area (Å²) in [6, 6.07) is 30.3. The molecule has 1 heterocycles. The van der Waals surface area contributed by atoms with Crippen LogP contribution in [0.2, 0.25) is 0 Å². The molecule has 3 saturated carbocycles. The molecule has 0 aromatic heterocycles. The van der Waals surface area contributed by atoms with Gasteiger partial charge in [-0.1, -0.05) is 112 Å². The van der Waals surface area contributed by atoms with Crippen LogP contribution in [0.5, 0.6) is 0 Å². The van der Waals surface area contributed by atoms with Crippen molar-refractivity contribution in [1.82, 2.24) is 0 Å². The molecule has 6 nitrogen and oxygen atoms in total. The molecule has 2 bridgehead atoms. The molecular weight excluding hydrogens is 540 g/mol. The highest BCUT2D eigenvalue weighted by Crippen LogP contribution is 2.73. The molecule has 228 valence electrons. The molecule has 3 aliphatic carbocycles. The molecule has 7 rings (SSSR count). The van der Waals surface area contributed by atoms with Crippen LogP contribution in [0.4, 0.5) is 0 Å². The lowest BCUT2D eigenvalue weighted by atomic mass is 9.68. The van der Waals surface area contributed by atoms with Crippen molar-refractivity contribution in [3.8, 4) is 0 Å². The van der Waals surface area contributed by atoms with E-state index in [1.54, 1.807) is 0 Å². The van der Waals surface area contributed by atoms with E-state index in [-0.39, 0.29) is 10.8 Å². The van der Waals surface area contributed by atoms with Crippen LogP contribution in [0.1, 0.15) is 56.7 Å². The molecule has 6 heteroatoms. The van der Waals surface area contributed by atoms with Crippen LogP contribution in [0.25, 0.3) is 0 Å². The average molecular weight is 585 g/mol. The Morgan fingerprint density at radius 2 is 1.12 bits per heavy atom. The molecule has 43 heavy (non-hydrogen) atoms. The molecule has 0 radical (unpaired) electrons. The Morgan fingerprint density at radius 1 is 0.651 bits per heavy atom. The summed E-state index contributed by atoms with van der Waals surface area (Å²) in [5, 5.41) is 12.1. The standard InChI is InChI=1S/C37H44O6/c1-35(2)28-19-20-36(35,3)37(21-28)42-31-29(38)30(39-22-25-13-7-4-8-14-25)32(40-23-26-15-9-5-10-16-26)33(34(31)43-37)41-24-27-17-11-6-12-18-27/h4-18,28-34,38H,19-24H2,1-3H3/t28-,29+,30+,31+,32-,33+,34+,36-,37?/m1/s1. The van der Waals surface area contributed by atoms with Crippen molar-refractivity contribution in [3.05, 3.63) is 108 Å². The molecule has 4 fully saturated rings. The molecule has 1 saturated heterocycles. The van der Waals surface area contributed by atoms with Gasteiger partial charge in [-0.15, -0.1) is 0 Å². The highest BCUT2D eigenvalue weighted by Gasteiger charge is 2.76. The second-order valence-electron chi connectivity index (χ2n) is 13.7. The minimum atomic E-state index is -0.948. The molecular formula is C37H44O6. The summed E-state index contributed by atoms with van der Waals surface area (Å²) in [5.41, 5.74) is 3.04. The van der Waals surface area contributed by atoms with E-state index in [1.165, 1.54) is 6.42 Å². The van der Waals surface area contributed by atoms with Crippen LogP contribution in [0.3, 0.4) is 0 Å². The van der Waals surface area contributed by atoms with Crippen molar-refractivity contribution in [2.45, 2.75) is 102 Å². The topological polar surface area (TPSA) is 66.4 Å². The van der Waals surface area contributed by atoms with Crippen molar-refractivity contribution < 1.29 is 28.8 Å². The zero-order valence-corrected chi connectivity index (χ0v) is 25.4. The van der Waals surface area contributed by atoms with Gasteiger partial charge >= 0.3 is 0 Å². The Morgan fingerprint density at radius 3 is 1.58 bits per heavy atom. The Bertz CT molecular complexity index is 1370. The van der Waals surface area contributed by atoms with E-state index in [0.717, 1.165) is 29.5 Å². The number of hydrogen-bond donors (Lipinski definition) is 1. The monoisotopic (exact) mass is 584 g/mol. The summed E-state index contributed by atoms with van der Waals surface area (Å²) in [4.78, 5) is 0. The van der Waals surface area contributed by atoms with Crippen molar-refractivity contribution in [3.63, 3.8) is 0 Å². The molecule has 3 aromatic carbocycles. The number of fused-ring (bicyclic) bond motifs is 4. The van der Waals surface area contributed by atoms with Crippen molar-refractivity contribution in [2.75, 3.05) is 0 Å². The second-order valence-corrected chi connectivity index (χ2v) is 13.7. The van der Waals surface area contributed by atoms with Crippen LogP contribution in [0, 0.1) is 16.7 Å². The lowest BCUT2D eigenvalue weighted by Gasteiger charge is -2.45. The zero-order valence-electron chi connectivity index (χ0n) is 25.4. The minimum Gasteiger partial charge on any atom is -0.387 e. The summed E-state index contributed by atoms with van der Waals surface area (Å²) in [7, 11) is 0. The molecule has 9 atom stereocenters. The lowest BCUT2D eigenvalue weighted by molar-refractivity contribution is -0.258. The third-order valence-corrected chi connectivity index (χ3v) is 11.3. The van der Waals surface area contributed by atoms with Crippen LogP contribution < -0.4 is 0 Å². The van der Waals surface area contributed by atoms with E-state index in [2.05, 4.69) is 32.9 Å². The van der Waals surface area contributed by atoms with Crippen molar-refractivity contribution >= 4 is 0 Å². The van der Waals surface area contributed by atoms with Gasteiger partial charge in [0.1, 0.15) is 36.6 Å². The Kier molecular flexibility index (Phi) is 7.73. The summed E-state index contributed by atoms with van der Waals surface area (Å²) in [6.07, 6.45) is -0.765. The van der Waals surface area contributed by atoms with Gasteiger partial charge in [0.05, 0.1) is 19.8 Å². The van der Waals surface area contributed by atoms with E-state index in [0.29, 0.717) is 25.7 Å². The SMILES string of the molecule is CC1(C)[C@@H]2CC[C@@]1(C)C1(C2)O[C@@H]2[C@@H](OCc3ccccc3)[C@H](OCc3ccccc3)[C@@H](OCc3ccccc3)[C@H](O)[C@@H]2O1. The molecule has 4 aliphatic rings. The summed E-state index contributed by atoms with van der Waals surface area (Å²) in [5.74, 6) is -0.267. The van der Waals surface area contributed by atoms with Gasteiger partial charge in [-0.25, -0.2) is 0 Å². The fourth-order valence-corrected chi connectivity index (χ4v) is 8.29. The smallest absolute Gasteiger partial charge is 0.175 e. The van der Waals surface area contributed by atoms with Gasteiger partial charge in [-0.3, -0.25) is 0 Å². The van der Waals surface area contributed by atoms with Crippen LogP contribution >= 0.6 is 0 Å². The van der Waals surface area contributed by atoms with E-state index >= 15 is 0 Å². The van der Waals surface area contributed by atoms with Crippen molar-refractivity contribution in [2.24, 2.45) is 16.7 Å². The first-order valence-electron chi connectivity index (χ1n) is 15.8. The first-order chi connectivity index (χ1) is 20.8. The highest BCUT2D eigenvalue weighted by atomic mass is 16.8. The number of aliphatic hydroxyl groups excluding tert-OH is 1. The first-order valence-corrected chi connectivity index (χ1v) is 15.8. The third kappa shape index (κ3) is 4.97. The fourth-order valence-electron chi connectivity index (χ4n) is 8.29. The summed E-state index contributed by atoms with van der Waals surface area (Å²) >= 11 is 0. The predicted octanol–water partition coefficient (Wildman–Crippen LogP) is 6.44. The van der Waals surface area contributed by atoms with Crippen molar-refractivity contribution in [1.29, 1.82) is 0 Å². The maximum absolute atomic E-state index is 12.1. The maximum Gasteiger partial charge on any atom is 0.175 e. The van der Waals surface area contributed by atoms with Gasteiger partial charge in [0.25, 0.3) is 0 Å². The van der Waals surface area contributed by atoms with Gasteiger partial charge in [-0.05, 0) is 40.9 Å². The van der Waals surface area contributed by atoms with E-state index in [4.69, 9.17) is 23.7 Å². The Hall–Kier alpha value is -2.58. The lowest BCUT2D eigenvalue weighted by Crippen LogP contribution is -2.64. The number of benzene rings is 3. The van der Waals surface area contributed by atoms with Gasteiger partial charge in [0.15, 0.2) is 5.79 Å². The maximum atomic E-state index is 12.1. The second kappa shape index (κ2) is 11.4. The molecule has 1 unspecified atom stereocenters. The van der Waals surface area contributed by atoms with Gasteiger partial charge in [0, 0.05) is 11.8 Å². The van der Waals surface area contributed by atoms with E-state index in [9.17, 15) is 5.11 Å². The molecule has 1 spiro atoms. The molecule has 3 aromatic rings. The van der Waals surface area contributed by atoms with E-state index in [1.807, 2.05) is 78.9 Å². The quantitative estimate of drug-likeness (QED) is 0.312. The zero-order chi connectivity index (χ0) is 29.7. The van der Waals surface area contributed by atoms with Crippen LogP contribution in [-0.2, 0) is 43.5 Å². The fraction of sp³-hybridized carbons (Fsp3) is 0.514. The number of hydrogen-bond acceptors (Lipinski definition) is 6. The van der Waals surface area contributed by atoms with Crippen LogP contribution in [-0.4, -0.2) is 47.5 Å². The normalized spacial score (nSPS) is 37.5. The highest BCUT2D eigenvalue weighted by molar-refractivity contribution is 5.21. The van der Waals surface area contributed by atoms with Gasteiger partial charge in [0.2, 0.25) is 0 Å². The molecule has 1 aliphatic heterocycles. The average Bonchev–Trinajstić information content (AvgIpc) is 3.57. The van der Waals surface area contributed by atoms with Gasteiger partial charge < -0.3 is 28.8 Å². The molecule has 0 amide bonds. The molecule has 1 N–H and O–H groups in total. The van der Waals surface area contributed by atoms with Gasteiger partial charge in [-0.2, -0.15) is 0 Å². The minimum absolute atomic E-state index is 0.0677.